The van der Waals surface area contributed by atoms with Crippen molar-refractivity contribution in [2.24, 2.45) is 0 Å². The van der Waals surface area contributed by atoms with Crippen LogP contribution in [0.5, 0.6) is 0 Å². The summed E-state index contributed by atoms with van der Waals surface area (Å²) in [6, 6.07) is 1.78. The summed E-state index contributed by atoms with van der Waals surface area (Å²) in [6.07, 6.45) is 0. The van der Waals surface area contributed by atoms with E-state index in [1.165, 1.54) is 18.3 Å². The topological polar surface area (TPSA) is 55.4 Å². The Balaban J connectivity index is 2.54. The first-order valence-electron chi connectivity index (χ1n) is 4.63. The number of anilines is 1. The van der Waals surface area contributed by atoms with E-state index in [4.69, 9.17) is 4.74 Å². The van der Waals surface area contributed by atoms with Crippen LogP contribution in [-0.4, -0.2) is 24.9 Å². The fourth-order valence-electron chi connectivity index (χ4n) is 1.10. The molecule has 0 unspecified atom stereocenters. The Morgan fingerprint density at radius 3 is 2.87 bits per heavy atom. The number of thiophene rings is 1. The number of ether oxygens (including phenoxy) is 1. The predicted molar refractivity (Wildman–Crippen MR) is 59.4 cm³/mol. The number of carbonyl (C=O) groups excluding carboxylic acids is 2. The normalized spacial score (nSPS) is 9.73. The van der Waals surface area contributed by atoms with Crippen molar-refractivity contribution in [3.05, 3.63) is 16.3 Å². The molecule has 0 aliphatic heterocycles. The zero-order valence-corrected chi connectivity index (χ0v) is 9.52. The Bertz CT molecular complexity index is 359. The largest absolute Gasteiger partial charge is 0.465 e. The van der Waals surface area contributed by atoms with Gasteiger partial charge in [0.2, 0.25) is 0 Å². The second kappa shape index (κ2) is 5.50. The first-order chi connectivity index (χ1) is 7.15. The van der Waals surface area contributed by atoms with Gasteiger partial charge in [-0.2, -0.15) is 0 Å². The molecule has 4 nitrogen and oxygen atoms in total. The fraction of sp³-hybridized carbons (Fsp3) is 0.400. The minimum atomic E-state index is -0.321. The number of hydrogen-bond acceptors (Lipinski definition) is 5. The number of rotatable bonds is 5. The third-order valence-corrected chi connectivity index (χ3v) is 2.73. The highest BCUT2D eigenvalue weighted by Crippen LogP contribution is 2.22. The zero-order chi connectivity index (χ0) is 11.3. The molecule has 1 rings (SSSR count). The van der Waals surface area contributed by atoms with E-state index in [0.29, 0.717) is 17.2 Å². The highest BCUT2D eigenvalue weighted by Gasteiger charge is 2.09. The number of esters is 1. The van der Waals surface area contributed by atoms with E-state index in [-0.39, 0.29) is 18.3 Å². The summed E-state index contributed by atoms with van der Waals surface area (Å²) in [5, 5.41) is 4.68. The van der Waals surface area contributed by atoms with Gasteiger partial charge < -0.3 is 10.1 Å². The Morgan fingerprint density at radius 2 is 2.27 bits per heavy atom. The summed E-state index contributed by atoms with van der Waals surface area (Å²) < 4.78 is 4.76. The van der Waals surface area contributed by atoms with Gasteiger partial charge in [-0.3, -0.25) is 9.59 Å². The number of nitrogens with one attached hydrogen (secondary N) is 1. The molecule has 0 saturated heterocycles. The van der Waals surface area contributed by atoms with Gasteiger partial charge in [0.05, 0.1) is 17.2 Å². The van der Waals surface area contributed by atoms with Crippen molar-refractivity contribution >= 4 is 28.8 Å². The van der Waals surface area contributed by atoms with Gasteiger partial charge in [0.15, 0.2) is 5.78 Å². The number of ketones is 1. The molecule has 0 saturated carbocycles. The summed E-state index contributed by atoms with van der Waals surface area (Å²) in [4.78, 5) is 22.8. The van der Waals surface area contributed by atoms with Crippen LogP contribution in [0.25, 0.3) is 0 Å². The van der Waals surface area contributed by atoms with Gasteiger partial charge in [-0.15, -0.1) is 11.3 Å². The summed E-state index contributed by atoms with van der Waals surface area (Å²) in [5.41, 5.74) is 0.695. The third kappa shape index (κ3) is 3.36. The monoisotopic (exact) mass is 227 g/mol. The van der Waals surface area contributed by atoms with Crippen molar-refractivity contribution < 1.29 is 14.3 Å². The van der Waals surface area contributed by atoms with E-state index >= 15 is 0 Å². The molecule has 0 bridgehead atoms. The van der Waals surface area contributed by atoms with Gasteiger partial charge >= 0.3 is 5.97 Å². The number of carbonyl (C=O) groups is 2. The lowest BCUT2D eigenvalue weighted by atomic mass is 10.3. The molecular formula is C10H13NO3S. The van der Waals surface area contributed by atoms with Crippen LogP contribution in [-0.2, 0) is 9.53 Å². The Labute approximate surface area is 92.2 Å². The first-order valence-corrected chi connectivity index (χ1v) is 5.51. The third-order valence-electron chi connectivity index (χ3n) is 1.71. The highest BCUT2D eigenvalue weighted by molar-refractivity contribution is 7.12. The Hall–Kier alpha value is -1.36. The summed E-state index contributed by atoms with van der Waals surface area (Å²) >= 11 is 1.36. The molecule has 1 aromatic heterocycles. The highest BCUT2D eigenvalue weighted by atomic mass is 32.1. The molecule has 82 valence electrons. The molecule has 0 radical (unpaired) electrons. The van der Waals surface area contributed by atoms with Gasteiger partial charge in [0.1, 0.15) is 6.54 Å². The fourth-order valence-corrected chi connectivity index (χ4v) is 1.87. The molecule has 5 heteroatoms. The maximum Gasteiger partial charge on any atom is 0.325 e. The lowest BCUT2D eigenvalue weighted by Gasteiger charge is -2.05. The van der Waals surface area contributed by atoms with Crippen molar-refractivity contribution in [1.29, 1.82) is 0 Å². The van der Waals surface area contributed by atoms with Crippen LogP contribution < -0.4 is 5.32 Å². The van der Waals surface area contributed by atoms with Crippen LogP contribution in [0, 0.1) is 0 Å². The zero-order valence-electron chi connectivity index (χ0n) is 8.70. The maximum absolute atomic E-state index is 11.2. The second-order valence-corrected chi connectivity index (χ2v) is 3.79. The Morgan fingerprint density at radius 1 is 1.53 bits per heavy atom. The van der Waals surface area contributed by atoms with Crippen molar-refractivity contribution in [2.45, 2.75) is 13.8 Å². The molecule has 0 fully saturated rings. The van der Waals surface area contributed by atoms with Crippen LogP contribution in [0.15, 0.2) is 11.4 Å². The minimum absolute atomic E-state index is 0.00337. The van der Waals surface area contributed by atoms with Gasteiger partial charge in [-0.25, -0.2) is 0 Å². The molecule has 1 aromatic rings. The molecule has 0 aliphatic rings. The van der Waals surface area contributed by atoms with E-state index < -0.39 is 0 Å². The quantitative estimate of drug-likeness (QED) is 0.617. The first kappa shape index (κ1) is 11.7. The lowest BCUT2D eigenvalue weighted by Crippen LogP contribution is -2.17. The summed E-state index contributed by atoms with van der Waals surface area (Å²) in [5.74, 6) is -0.324. The molecule has 1 N–H and O–H groups in total. The van der Waals surface area contributed by atoms with Crippen LogP contribution in [0.2, 0.25) is 0 Å². The molecule has 0 atom stereocenters. The predicted octanol–water partition coefficient (Wildman–Crippen LogP) is 1.93. The molecule has 1 heterocycles. The standard InChI is InChI=1S/C10H13NO3S/c1-3-14-9(13)6-11-8-4-5-15-10(8)7(2)12/h4-5,11H,3,6H2,1-2H3. The van der Waals surface area contributed by atoms with Crippen molar-refractivity contribution in [2.75, 3.05) is 18.5 Å². The van der Waals surface area contributed by atoms with Gasteiger partial charge in [-0.05, 0) is 18.4 Å². The summed E-state index contributed by atoms with van der Waals surface area (Å²) in [6.45, 7) is 3.71. The lowest BCUT2D eigenvalue weighted by molar-refractivity contribution is -0.140. The van der Waals surface area contributed by atoms with E-state index in [1.54, 1.807) is 13.0 Å². The van der Waals surface area contributed by atoms with E-state index in [2.05, 4.69) is 5.32 Å². The molecule has 15 heavy (non-hydrogen) atoms. The molecule has 0 aromatic carbocycles. The molecule has 0 spiro atoms. The molecular weight excluding hydrogens is 214 g/mol. The average molecular weight is 227 g/mol. The Kier molecular flexibility index (Phi) is 4.30. The van der Waals surface area contributed by atoms with E-state index in [0.717, 1.165) is 0 Å². The summed E-state index contributed by atoms with van der Waals surface area (Å²) in [7, 11) is 0. The smallest absolute Gasteiger partial charge is 0.325 e. The van der Waals surface area contributed by atoms with Gasteiger partial charge in [0, 0.05) is 6.92 Å². The van der Waals surface area contributed by atoms with Crippen molar-refractivity contribution in [3.8, 4) is 0 Å². The van der Waals surface area contributed by atoms with Gasteiger partial charge in [0.25, 0.3) is 0 Å². The van der Waals surface area contributed by atoms with E-state index in [9.17, 15) is 9.59 Å². The van der Waals surface area contributed by atoms with Crippen LogP contribution >= 0.6 is 11.3 Å². The second-order valence-electron chi connectivity index (χ2n) is 2.88. The molecule has 0 aliphatic carbocycles. The number of Topliss-reactive ketones (excluding diaryl/α,β-unsaturated/α-hetero) is 1. The van der Waals surface area contributed by atoms with Crippen LogP contribution in [0.1, 0.15) is 23.5 Å². The SMILES string of the molecule is CCOC(=O)CNc1ccsc1C(C)=O. The van der Waals surface area contributed by atoms with Crippen LogP contribution in [0.4, 0.5) is 5.69 Å². The van der Waals surface area contributed by atoms with E-state index in [1.807, 2.05) is 5.38 Å². The minimum Gasteiger partial charge on any atom is -0.465 e. The maximum atomic E-state index is 11.2. The van der Waals surface area contributed by atoms with Crippen molar-refractivity contribution in [3.63, 3.8) is 0 Å². The number of hydrogen-bond donors (Lipinski definition) is 1. The van der Waals surface area contributed by atoms with Crippen LogP contribution in [0.3, 0.4) is 0 Å². The molecule has 0 amide bonds. The average Bonchev–Trinajstić information content (AvgIpc) is 2.63. The van der Waals surface area contributed by atoms with Gasteiger partial charge in [-0.1, -0.05) is 0 Å². The van der Waals surface area contributed by atoms with Crippen molar-refractivity contribution in [1.82, 2.24) is 0 Å².